The van der Waals surface area contributed by atoms with Crippen LogP contribution in [0.3, 0.4) is 0 Å². The summed E-state index contributed by atoms with van der Waals surface area (Å²) in [5, 5.41) is 3.49. The van der Waals surface area contributed by atoms with Crippen LogP contribution in [0.25, 0.3) is 0 Å². The van der Waals surface area contributed by atoms with Crippen LogP contribution in [0, 0.1) is 0 Å². The van der Waals surface area contributed by atoms with Crippen LogP contribution in [0.5, 0.6) is 0 Å². The number of hydrogen-bond donors (Lipinski definition) is 1. The van der Waals surface area contributed by atoms with Gasteiger partial charge in [0.05, 0.1) is 25.6 Å². The van der Waals surface area contributed by atoms with E-state index >= 15 is 0 Å². The Bertz CT molecular complexity index is 655. The molecule has 0 bridgehead atoms. The van der Waals surface area contributed by atoms with Gasteiger partial charge in [-0.2, -0.15) is 0 Å². The van der Waals surface area contributed by atoms with Gasteiger partial charge < -0.3 is 15.0 Å². The highest BCUT2D eigenvalue weighted by molar-refractivity contribution is 6.30. The van der Waals surface area contributed by atoms with E-state index < -0.39 is 0 Å². The van der Waals surface area contributed by atoms with Crippen LogP contribution in [0.15, 0.2) is 36.7 Å². The van der Waals surface area contributed by atoms with Gasteiger partial charge in [-0.3, -0.25) is 4.79 Å². The molecule has 2 aromatic rings. The smallest absolute Gasteiger partial charge is 0.271 e. The first-order valence-electron chi connectivity index (χ1n) is 7.40. The largest absolute Gasteiger partial charge is 0.378 e. The molecule has 6 nitrogen and oxygen atoms in total. The van der Waals surface area contributed by atoms with Gasteiger partial charge in [0.25, 0.3) is 5.91 Å². The fourth-order valence-electron chi connectivity index (χ4n) is 2.27. The number of rotatable bonds is 4. The molecule has 0 atom stereocenters. The maximum absolute atomic E-state index is 12.1. The molecule has 1 aliphatic heterocycles. The van der Waals surface area contributed by atoms with Crippen molar-refractivity contribution in [3.8, 4) is 0 Å². The topological polar surface area (TPSA) is 67.4 Å². The first-order chi connectivity index (χ1) is 11.2. The van der Waals surface area contributed by atoms with Crippen molar-refractivity contribution in [2.75, 3.05) is 31.2 Å². The Kier molecular flexibility index (Phi) is 5.05. The molecule has 23 heavy (non-hydrogen) atoms. The molecule has 0 spiro atoms. The minimum absolute atomic E-state index is 0.249. The maximum Gasteiger partial charge on any atom is 0.271 e. The Labute approximate surface area is 139 Å². The molecular weight excluding hydrogens is 316 g/mol. The second-order valence-electron chi connectivity index (χ2n) is 5.17. The van der Waals surface area contributed by atoms with Gasteiger partial charge in [0.2, 0.25) is 0 Å². The summed E-state index contributed by atoms with van der Waals surface area (Å²) in [6, 6.07) is 7.32. The average molecular weight is 333 g/mol. The Morgan fingerprint density at radius 3 is 2.57 bits per heavy atom. The predicted molar refractivity (Wildman–Crippen MR) is 87.7 cm³/mol. The van der Waals surface area contributed by atoms with Gasteiger partial charge in [-0.05, 0) is 17.7 Å². The Morgan fingerprint density at radius 1 is 1.17 bits per heavy atom. The summed E-state index contributed by atoms with van der Waals surface area (Å²) in [5.74, 6) is 0.517. The minimum Gasteiger partial charge on any atom is -0.378 e. The molecule has 1 saturated heterocycles. The van der Waals surface area contributed by atoms with Gasteiger partial charge in [0, 0.05) is 24.7 Å². The lowest BCUT2D eigenvalue weighted by Gasteiger charge is -2.27. The number of benzene rings is 1. The van der Waals surface area contributed by atoms with Crippen LogP contribution >= 0.6 is 11.6 Å². The molecule has 0 radical (unpaired) electrons. The van der Waals surface area contributed by atoms with Crippen LogP contribution in [0.2, 0.25) is 5.02 Å². The SMILES string of the molecule is O=C(NCc1ccc(Cl)cc1)c1cnc(N2CCOCC2)cn1. The third-order valence-corrected chi connectivity index (χ3v) is 3.82. The first-order valence-corrected chi connectivity index (χ1v) is 7.77. The molecule has 1 amide bonds. The lowest BCUT2D eigenvalue weighted by molar-refractivity contribution is 0.0945. The van der Waals surface area contributed by atoms with Gasteiger partial charge in [-0.1, -0.05) is 23.7 Å². The molecule has 1 aromatic carbocycles. The van der Waals surface area contributed by atoms with E-state index in [1.165, 1.54) is 6.20 Å². The quantitative estimate of drug-likeness (QED) is 0.926. The molecule has 1 fully saturated rings. The number of hydrogen-bond acceptors (Lipinski definition) is 5. The molecular formula is C16H17ClN4O2. The minimum atomic E-state index is -0.249. The molecule has 1 N–H and O–H groups in total. The van der Waals surface area contributed by atoms with E-state index in [0.717, 1.165) is 24.5 Å². The van der Waals surface area contributed by atoms with Gasteiger partial charge in [0.1, 0.15) is 11.5 Å². The molecule has 120 valence electrons. The summed E-state index contributed by atoms with van der Waals surface area (Å²) < 4.78 is 5.30. The third-order valence-electron chi connectivity index (χ3n) is 3.57. The summed E-state index contributed by atoms with van der Waals surface area (Å²) in [6.07, 6.45) is 3.13. The second kappa shape index (κ2) is 7.39. The fraction of sp³-hybridized carbons (Fsp3) is 0.312. The van der Waals surface area contributed by atoms with E-state index in [2.05, 4.69) is 20.2 Å². The molecule has 0 saturated carbocycles. The summed E-state index contributed by atoms with van der Waals surface area (Å²) in [4.78, 5) is 22.7. The van der Waals surface area contributed by atoms with E-state index in [1.54, 1.807) is 18.3 Å². The van der Waals surface area contributed by atoms with E-state index in [4.69, 9.17) is 16.3 Å². The standard InChI is InChI=1S/C16H17ClN4O2/c17-13-3-1-12(2-4-13)9-20-16(22)14-10-19-15(11-18-14)21-5-7-23-8-6-21/h1-4,10-11H,5-9H2,(H,20,22). The number of morpholine rings is 1. The van der Waals surface area contributed by atoms with Crippen molar-refractivity contribution < 1.29 is 9.53 Å². The zero-order valence-electron chi connectivity index (χ0n) is 12.5. The van der Waals surface area contributed by atoms with Crippen LogP contribution in [0.1, 0.15) is 16.1 Å². The predicted octanol–water partition coefficient (Wildman–Crippen LogP) is 1.90. The number of halogens is 1. The Hall–Kier alpha value is -2.18. The highest BCUT2D eigenvalue weighted by Gasteiger charge is 2.14. The number of nitrogens with one attached hydrogen (secondary N) is 1. The summed E-state index contributed by atoms with van der Waals surface area (Å²) in [5.41, 5.74) is 1.27. The molecule has 3 rings (SSSR count). The monoisotopic (exact) mass is 332 g/mol. The zero-order chi connectivity index (χ0) is 16.1. The molecule has 0 unspecified atom stereocenters. The normalized spacial score (nSPS) is 14.6. The number of ether oxygens (including phenoxy) is 1. The van der Waals surface area contributed by atoms with E-state index in [9.17, 15) is 4.79 Å². The molecule has 1 aliphatic rings. The zero-order valence-corrected chi connectivity index (χ0v) is 13.3. The van der Waals surface area contributed by atoms with Crippen LogP contribution in [-0.2, 0) is 11.3 Å². The number of nitrogens with zero attached hydrogens (tertiary/aromatic N) is 3. The van der Waals surface area contributed by atoms with Crippen molar-refractivity contribution in [1.82, 2.24) is 15.3 Å². The van der Waals surface area contributed by atoms with Gasteiger partial charge in [-0.15, -0.1) is 0 Å². The molecule has 0 aliphatic carbocycles. The number of carbonyl (C=O) groups excluding carboxylic acids is 1. The van der Waals surface area contributed by atoms with Crippen molar-refractivity contribution in [1.29, 1.82) is 0 Å². The molecule has 7 heteroatoms. The number of anilines is 1. The molecule has 2 heterocycles. The number of amides is 1. The summed E-state index contributed by atoms with van der Waals surface area (Å²) in [7, 11) is 0. The Balaban J connectivity index is 1.57. The van der Waals surface area contributed by atoms with Crippen LogP contribution in [0.4, 0.5) is 5.82 Å². The summed E-state index contributed by atoms with van der Waals surface area (Å²) in [6.45, 7) is 3.37. The van der Waals surface area contributed by atoms with E-state index in [1.807, 2.05) is 12.1 Å². The van der Waals surface area contributed by atoms with Gasteiger partial charge in [-0.25, -0.2) is 9.97 Å². The maximum atomic E-state index is 12.1. The van der Waals surface area contributed by atoms with Gasteiger partial charge >= 0.3 is 0 Å². The van der Waals surface area contributed by atoms with Crippen LogP contribution < -0.4 is 10.2 Å². The lowest BCUT2D eigenvalue weighted by Crippen LogP contribution is -2.37. The van der Waals surface area contributed by atoms with Crippen molar-refractivity contribution in [2.45, 2.75) is 6.54 Å². The molecule has 1 aromatic heterocycles. The van der Waals surface area contributed by atoms with E-state index in [-0.39, 0.29) is 5.91 Å². The average Bonchev–Trinajstić information content (AvgIpc) is 2.62. The van der Waals surface area contributed by atoms with E-state index in [0.29, 0.717) is 30.5 Å². The lowest BCUT2D eigenvalue weighted by atomic mass is 10.2. The van der Waals surface area contributed by atoms with Crippen molar-refractivity contribution in [3.63, 3.8) is 0 Å². The van der Waals surface area contributed by atoms with Gasteiger partial charge in [0.15, 0.2) is 0 Å². The third kappa shape index (κ3) is 4.18. The fourth-order valence-corrected chi connectivity index (χ4v) is 2.40. The Morgan fingerprint density at radius 2 is 1.91 bits per heavy atom. The highest BCUT2D eigenvalue weighted by atomic mass is 35.5. The first kappa shape index (κ1) is 15.7. The summed E-state index contributed by atoms with van der Waals surface area (Å²) >= 11 is 5.83. The number of aromatic nitrogens is 2. The van der Waals surface area contributed by atoms with Crippen molar-refractivity contribution >= 4 is 23.3 Å². The number of carbonyl (C=O) groups is 1. The second-order valence-corrected chi connectivity index (χ2v) is 5.60. The highest BCUT2D eigenvalue weighted by Crippen LogP contribution is 2.11. The van der Waals surface area contributed by atoms with Crippen molar-refractivity contribution in [3.05, 3.63) is 52.9 Å². The van der Waals surface area contributed by atoms with Crippen molar-refractivity contribution in [2.24, 2.45) is 0 Å². The van der Waals surface area contributed by atoms with Crippen LogP contribution in [-0.4, -0.2) is 42.2 Å².